The van der Waals surface area contributed by atoms with E-state index in [-0.39, 0.29) is 18.2 Å². The van der Waals surface area contributed by atoms with Crippen LogP contribution < -0.4 is 21.1 Å². The van der Waals surface area contributed by atoms with Crippen molar-refractivity contribution in [2.75, 3.05) is 0 Å². The molecule has 1 amide bonds. The van der Waals surface area contributed by atoms with Gasteiger partial charge in [0.25, 0.3) is 5.91 Å². The zero-order valence-corrected chi connectivity index (χ0v) is 16.8. The number of nitrogens with two attached hydrogens (primary N) is 1. The summed E-state index contributed by atoms with van der Waals surface area (Å²) < 4.78 is 5.73. The number of carbonyl (C=O) groups is 1. The summed E-state index contributed by atoms with van der Waals surface area (Å²) in [6.07, 6.45) is 1.40. The SMILES string of the molecule is CCCC(NCc1ccc2c(c1)N=C(N)C(C)O2)NC(=O)c1ccc(Cl)cc1. The second-order valence-electron chi connectivity index (χ2n) is 6.80. The number of aliphatic imine (C=N–C) groups is 1. The third-order valence-electron chi connectivity index (χ3n) is 4.53. The Morgan fingerprint density at radius 2 is 2.04 bits per heavy atom. The number of carbonyl (C=O) groups excluding carboxylic acids is 1. The predicted octanol–water partition coefficient (Wildman–Crippen LogP) is 3.76. The molecule has 148 valence electrons. The smallest absolute Gasteiger partial charge is 0.252 e. The number of halogens is 1. The van der Waals surface area contributed by atoms with Crippen LogP contribution in [-0.4, -0.2) is 24.0 Å². The van der Waals surface area contributed by atoms with Gasteiger partial charge in [-0.15, -0.1) is 0 Å². The molecule has 2 aromatic rings. The molecule has 0 radical (unpaired) electrons. The van der Waals surface area contributed by atoms with E-state index < -0.39 is 0 Å². The molecule has 4 N–H and O–H groups in total. The highest BCUT2D eigenvalue weighted by Crippen LogP contribution is 2.32. The highest BCUT2D eigenvalue weighted by atomic mass is 35.5. The van der Waals surface area contributed by atoms with Crippen molar-refractivity contribution in [3.63, 3.8) is 0 Å². The van der Waals surface area contributed by atoms with Crippen molar-refractivity contribution in [3.05, 3.63) is 58.6 Å². The molecule has 0 bridgehead atoms. The highest BCUT2D eigenvalue weighted by Gasteiger charge is 2.18. The Bertz CT molecular complexity index is 867. The normalized spacial score (nSPS) is 16.5. The van der Waals surface area contributed by atoms with Crippen LogP contribution in [0, 0.1) is 0 Å². The molecule has 2 atom stereocenters. The minimum atomic E-state index is -0.214. The number of fused-ring (bicyclic) bond motifs is 1. The molecule has 3 rings (SSSR count). The number of hydrogen-bond donors (Lipinski definition) is 3. The van der Waals surface area contributed by atoms with Crippen molar-refractivity contribution in [2.45, 2.75) is 45.5 Å². The first-order valence-electron chi connectivity index (χ1n) is 9.39. The molecule has 28 heavy (non-hydrogen) atoms. The van der Waals surface area contributed by atoms with Gasteiger partial charge in [-0.1, -0.05) is 31.0 Å². The zero-order chi connectivity index (χ0) is 20.1. The molecule has 6 nitrogen and oxygen atoms in total. The molecule has 1 heterocycles. The largest absolute Gasteiger partial charge is 0.481 e. The number of ether oxygens (including phenoxy) is 1. The maximum Gasteiger partial charge on any atom is 0.252 e. The average Bonchev–Trinajstić information content (AvgIpc) is 2.67. The van der Waals surface area contributed by atoms with Crippen LogP contribution in [0.15, 0.2) is 47.5 Å². The fraction of sp³-hybridized carbons (Fsp3) is 0.333. The molecule has 7 heteroatoms. The minimum Gasteiger partial charge on any atom is -0.481 e. The quantitative estimate of drug-likeness (QED) is 0.617. The first kappa shape index (κ1) is 20.2. The number of benzene rings is 2. The Morgan fingerprint density at radius 1 is 1.29 bits per heavy atom. The zero-order valence-electron chi connectivity index (χ0n) is 16.0. The minimum absolute atomic E-state index is 0.132. The van der Waals surface area contributed by atoms with E-state index in [4.69, 9.17) is 22.1 Å². The van der Waals surface area contributed by atoms with Gasteiger partial charge in [-0.25, -0.2) is 4.99 Å². The fourth-order valence-electron chi connectivity index (χ4n) is 2.94. The number of amidine groups is 1. The van der Waals surface area contributed by atoms with E-state index in [0.29, 0.717) is 23.0 Å². The van der Waals surface area contributed by atoms with Gasteiger partial charge < -0.3 is 15.8 Å². The second kappa shape index (κ2) is 9.08. The molecule has 0 fully saturated rings. The van der Waals surface area contributed by atoms with Crippen molar-refractivity contribution in [1.82, 2.24) is 10.6 Å². The standard InChI is InChI=1S/C21H25ClN4O2/c1-3-4-19(26-21(27)15-6-8-16(22)9-7-15)24-12-14-5-10-18-17(11-14)25-20(23)13(2)28-18/h5-11,13,19,24H,3-4,12H2,1-2H3,(H2,23,25)(H,26,27). The van der Waals surface area contributed by atoms with Gasteiger partial charge in [0.1, 0.15) is 17.3 Å². The number of hydrogen-bond acceptors (Lipinski definition) is 5. The first-order valence-corrected chi connectivity index (χ1v) is 9.77. The molecule has 0 spiro atoms. The average molecular weight is 401 g/mol. The Hall–Kier alpha value is -2.57. The van der Waals surface area contributed by atoms with Gasteiger partial charge in [0, 0.05) is 17.1 Å². The molecule has 0 aliphatic carbocycles. The summed E-state index contributed by atoms with van der Waals surface area (Å²) in [7, 11) is 0. The Balaban J connectivity index is 1.63. The summed E-state index contributed by atoms with van der Waals surface area (Å²) in [5.74, 6) is 1.07. The lowest BCUT2D eigenvalue weighted by Gasteiger charge is -2.22. The summed E-state index contributed by atoms with van der Waals surface area (Å²) in [5, 5.41) is 7.04. The Kier molecular flexibility index (Phi) is 6.54. The number of rotatable bonds is 7. The highest BCUT2D eigenvalue weighted by molar-refractivity contribution is 6.30. The maximum absolute atomic E-state index is 12.5. The molecule has 0 saturated carbocycles. The third-order valence-corrected chi connectivity index (χ3v) is 4.79. The van der Waals surface area contributed by atoms with E-state index in [2.05, 4.69) is 22.5 Å². The van der Waals surface area contributed by atoms with Crippen LogP contribution >= 0.6 is 11.6 Å². The number of amides is 1. The van der Waals surface area contributed by atoms with Crippen LogP contribution in [0.2, 0.25) is 5.02 Å². The van der Waals surface area contributed by atoms with E-state index in [1.807, 2.05) is 25.1 Å². The lowest BCUT2D eigenvalue weighted by atomic mass is 10.1. The number of nitrogens with one attached hydrogen (secondary N) is 2. The summed E-state index contributed by atoms with van der Waals surface area (Å²) in [6, 6.07) is 12.7. The van der Waals surface area contributed by atoms with Crippen LogP contribution in [0.1, 0.15) is 42.6 Å². The summed E-state index contributed by atoms with van der Waals surface area (Å²) in [4.78, 5) is 16.9. The topological polar surface area (TPSA) is 88.7 Å². The lowest BCUT2D eigenvalue weighted by molar-refractivity contribution is 0.0926. The van der Waals surface area contributed by atoms with Crippen LogP contribution in [0.25, 0.3) is 0 Å². The van der Waals surface area contributed by atoms with Crippen LogP contribution in [0.3, 0.4) is 0 Å². The molecule has 1 aliphatic rings. The van der Waals surface area contributed by atoms with Crippen molar-refractivity contribution in [1.29, 1.82) is 0 Å². The van der Waals surface area contributed by atoms with Crippen LogP contribution in [0.4, 0.5) is 5.69 Å². The Morgan fingerprint density at radius 3 is 2.75 bits per heavy atom. The van der Waals surface area contributed by atoms with E-state index in [9.17, 15) is 4.79 Å². The van der Waals surface area contributed by atoms with Gasteiger partial charge in [0.15, 0.2) is 6.10 Å². The van der Waals surface area contributed by atoms with E-state index >= 15 is 0 Å². The van der Waals surface area contributed by atoms with Gasteiger partial charge in [-0.3, -0.25) is 10.1 Å². The summed E-state index contributed by atoms with van der Waals surface area (Å²) in [6.45, 7) is 4.54. The van der Waals surface area contributed by atoms with Gasteiger partial charge in [0.05, 0.1) is 6.17 Å². The molecule has 0 aromatic heterocycles. The maximum atomic E-state index is 12.5. The summed E-state index contributed by atoms with van der Waals surface area (Å²) in [5.41, 5.74) is 8.22. The first-order chi connectivity index (χ1) is 13.5. The van der Waals surface area contributed by atoms with Crippen molar-refractivity contribution >= 4 is 29.0 Å². The monoisotopic (exact) mass is 400 g/mol. The summed E-state index contributed by atoms with van der Waals surface area (Å²) >= 11 is 5.89. The van der Waals surface area contributed by atoms with Crippen molar-refractivity contribution < 1.29 is 9.53 Å². The molecular weight excluding hydrogens is 376 g/mol. The van der Waals surface area contributed by atoms with E-state index in [1.165, 1.54) is 0 Å². The van der Waals surface area contributed by atoms with Gasteiger partial charge >= 0.3 is 0 Å². The van der Waals surface area contributed by atoms with Crippen molar-refractivity contribution in [3.8, 4) is 5.75 Å². The molecule has 2 unspecified atom stereocenters. The Labute approximate surface area is 170 Å². The van der Waals surface area contributed by atoms with Crippen LogP contribution in [-0.2, 0) is 6.54 Å². The van der Waals surface area contributed by atoms with E-state index in [0.717, 1.165) is 29.8 Å². The number of nitrogens with zero attached hydrogens (tertiary/aromatic N) is 1. The fourth-order valence-corrected chi connectivity index (χ4v) is 3.06. The molecule has 0 saturated heterocycles. The predicted molar refractivity (Wildman–Crippen MR) is 112 cm³/mol. The lowest BCUT2D eigenvalue weighted by Crippen LogP contribution is -2.45. The third kappa shape index (κ3) is 5.03. The van der Waals surface area contributed by atoms with Crippen LogP contribution in [0.5, 0.6) is 5.75 Å². The van der Waals surface area contributed by atoms with E-state index in [1.54, 1.807) is 24.3 Å². The van der Waals surface area contributed by atoms with Gasteiger partial charge in [0.2, 0.25) is 0 Å². The molecule has 1 aliphatic heterocycles. The molecular formula is C21H25ClN4O2. The molecule has 2 aromatic carbocycles. The van der Waals surface area contributed by atoms with Gasteiger partial charge in [-0.2, -0.15) is 0 Å². The van der Waals surface area contributed by atoms with Crippen molar-refractivity contribution in [2.24, 2.45) is 10.7 Å². The second-order valence-corrected chi connectivity index (χ2v) is 7.24. The van der Waals surface area contributed by atoms with Gasteiger partial charge in [-0.05, 0) is 55.3 Å².